The first-order chi connectivity index (χ1) is 15.3. The number of hydrogen-bond donors (Lipinski definition) is 3. The molecule has 0 radical (unpaired) electrons. The summed E-state index contributed by atoms with van der Waals surface area (Å²) in [5, 5.41) is 9.19. The number of ether oxygens (including phenoxy) is 2. The van der Waals surface area contributed by atoms with E-state index in [9.17, 15) is 14.4 Å². The van der Waals surface area contributed by atoms with Crippen molar-refractivity contribution in [2.45, 2.75) is 19.9 Å². The fraction of sp³-hybridized carbons (Fsp3) is 0.273. The number of nitrogens with one attached hydrogen (secondary N) is 3. The van der Waals surface area contributed by atoms with Gasteiger partial charge in [0.1, 0.15) is 17.5 Å². The van der Waals surface area contributed by atoms with E-state index < -0.39 is 23.6 Å². The molecule has 0 aliphatic carbocycles. The van der Waals surface area contributed by atoms with Crippen LogP contribution in [0.25, 0.3) is 11.4 Å². The van der Waals surface area contributed by atoms with Gasteiger partial charge in [0, 0.05) is 22.9 Å². The van der Waals surface area contributed by atoms with E-state index in [0.717, 1.165) is 0 Å². The average molecular weight is 440 g/mol. The first-order valence-electron chi connectivity index (χ1n) is 9.82. The van der Waals surface area contributed by atoms with Gasteiger partial charge in [-0.05, 0) is 30.2 Å². The number of H-pyrrole nitrogens is 1. The molecule has 3 aromatic rings. The third-order valence-corrected chi connectivity index (χ3v) is 4.69. The Hall–Kier alpha value is -4.08. The molecule has 1 unspecified atom stereocenters. The third-order valence-electron chi connectivity index (χ3n) is 4.69. The van der Waals surface area contributed by atoms with Crippen LogP contribution >= 0.6 is 0 Å². The molecule has 0 saturated carbocycles. The van der Waals surface area contributed by atoms with Gasteiger partial charge in [-0.25, -0.2) is 4.79 Å². The molecule has 0 aliphatic rings. The maximum atomic E-state index is 13.0. The van der Waals surface area contributed by atoms with Gasteiger partial charge in [0.2, 0.25) is 5.91 Å². The van der Waals surface area contributed by atoms with Crippen LogP contribution in [0.1, 0.15) is 24.2 Å². The number of aromatic nitrogens is 2. The normalized spacial score (nSPS) is 11.7. The summed E-state index contributed by atoms with van der Waals surface area (Å²) in [6, 6.07) is 10.7. The van der Waals surface area contributed by atoms with Crippen molar-refractivity contribution in [3.05, 3.63) is 58.6 Å². The molecule has 0 bridgehead atoms. The van der Waals surface area contributed by atoms with Crippen molar-refractivity contribution in [2.75, 3.05) is 19.5 Å². The van der Waals surface area contributed by atoms with Gasteiger partial charge in [0.25, 0.3) is 5.91 Å². The molecule has 32 heavy (non-hydrogen) atoms. The van der Waals surface area contributed by atoms with Gasteiger partial charge in [-0.1, -0.05) is 31.1 Å². The molecule has 2 aromatic carbocycles. The molecule has 1 heterocycles. The molecular weight excluding hydrogens is 416 g/mol. The maximum absolute atomic E-state index is 13.0. The van der Waals surface area contributed by atoms with E-state index in [1.54, 1.807) is 42.5 Å². The van der Waals surface area contributed by atoms with Crippen LogP contribution in [0.4, 0.5) is 5.69 Å². The standard InChI is InChI=1S/C22H24N4O6/c1-12(2)18(24-20(27)14-9-16(30-3)11-17(10-14)31-4)21(28)23-15-7-5-6-13(8-15)19-25-22(29)32-26-19/h5-12,18H,1-4H3,(H,23,28)(H,24,27)(H,25,26,29). The molecular formula is C22H24N4O6. The Kier molecular flexibility index (Phi) is 6.93. The van der Waals surface area contributed by atoms with Crippen molar-refractivity contribution in [3.8, 4) is 22.9 Å². The lowest BCUT2D eigenvalue weighted by atomic mass is 10.0. The van der Waals surface area contributed by atoms with E-state index in [4.69, 9.17) is 9.47 Å². The van der Waals surface area contributed by atoms with E-state index in [-0.39, 0.29) is 11.7 Å². The SMILES string of the molecule is COc1cc(OC)cc(C(=O)NC(C(=O)Nc2cccc(-c3noc(=O)[nH]3)c2)C(C)C)c1. The van der Waals surface area contributed by atoms with Crippen LogP contribution in [-0.4, -0.2) is 42.2 Å². The largest absolute Gasteiger partial charge is 0.497 e. The Bertz CT molecular complexity index is 1140. The van der Waals surface area contributed by atoms with Crippen molar-refractivity contribution in [1.82, 2.24) is 15.5 Å². The second-order valence-electron chi connectivity index (χ2n) is 7.31. The smallest absolute Gasteiger partial charge is 0.439 e. The quantitative estimate of drug-likeness (QED) is 0.489. The van der Waals surface area contributed by atoms with Crippen LogP contribution in [0, 0.1) is 5.92 Å². The summed E-state index contributed by atoms with van der Waals surface area (Å²) in [6.07, 6.45) is 0. The third kappa shape index (κ3) is 5.34. The Balaban J connectivity index is 1.77. The van der Waals surface area contributed by atoms with Crippen molar-refractivity contribution in [1.29, 1.82) is 0 Å². The van der Waals surface area contributed by atoms with Crippen LogP contribution in [0.2, 0.25) is 0 Å². The second kappa shape index (κ2) is 9.82. The van der Waals surface area contributed by atoms with E-state index >= 15 is 0 Å². The van der Waals surface area contributed by atoms with E-state index in [2.05, 4.69) is 25.3 Å². The number of anilines is 1. The minimum absolute atomic E-state index is 0.193. The van der Waals surface area contributed by atoms with E-state index in [1.807, 2.05) is 13.8 Å². The number of aromatic amines is 1. The van der Waals surface area contributed by atoms with Gasteiger partial charge >= 0.3 is 5.76 Å². The number of methoxy groups -OCH3 is 2. The molecule has 10 nitrogen and oxygen atoms in total. The highest BCUT2D eigenvalue weighted by Gasteiger charge is 2.25. The molecule has 3 rings (SSSR count). The van der Waals surface area contributed by atoms with Crippen molar-refractivity contribution < 1.29 is 23.6 Å². The zero-order valence-corrected chi connectivity index (χ0v) is 18.1. The monoisotopic (exact) mass is 440 g/mol. The molecule has 0 spiro atoms. The number of amides is 2. The van der Waals surface area contributed by atoms with Crippen LogP contribution in [0.15, 0.2) is 51.8 Å². The zero-order valence-electron chi connectivity index (χ0n) is 18.1. The van der Waals surface area contributed by atoms with Crippen molar-refractivity contribution >= 4 is 17.5 Å². The average Bonchev–Trinajstić information content (AvgIpc) is 3.23. The van der Waals surface area contributed by atoms with Crippen LogP contribution in [-0.2, 0) is 4.79 Å². The Morgan fingerprint density at radius 3 is 2.31 bits per heavy atom. The topological polar surface area (TPSA) is 136 Å². The summed E-state index contributed by atoms with van der Waals surface area (Å²) >= 11 is 0. The Morgan fingerprint density at radius 1 is 1.06 bits per heavy atom. The predicted molar refractivity (Wildman–Crippen MR) is 117 cm³/mol. The molecule has 10 heteroatoms. The summed E-state index contributed by atoms with van der Waals surface area (Å²) in [6.45, 7) is 3.65. The van der Waals surface area contributed by atoms with Crippen molar-refractivity contribution in [3.63, 3.8) is 0 Å². The lowest BCUT2D eigenvalue weighted by Crippen LogP contribution is -2.47. The van der Waals surface area contributed by atoms with Gasteiger partial charge in [-0.15, -0.1) is 0 Å². The second-order valence-corrected chi connectivity index (χ2v) is 7.31. The summed E-state index contributed by atoms with van der Waals surface area (Å²) in [4.78, 5) is 39.4. The molecule has 2 amide bonds. The molecule has 168 valence electrons. The lowest BCUT2D eigenvalue weighted by molar-refractivity contribution is -0.118. The fourth-order valence-corrected chi connectivity index (χ4v) is 3.02. The molecule has 1 atom stereocenters. The minimum atomic E-state index is -0.810. The molecule has 3 N–H and O–H groups in total. The first kappa shape index (κ1) is 22.6. The molecule has 0 fully saturated rings. The maximum Gasteiger partial charge on any atom is 0.439 e. The van der Waals surface area contributed by atoms with Gasteiger partial charge < -0.3 is 20.1 Å². The number of rotatable bonds is 8. The number of hydrogen-bond acceptors (Lipinski definition) is 7. The summed E-state index contributed by atoms with van der Waals surface area (Å²) in [5.74, 6) is -0.538. The number of benzene rings is 2. The Labute approximate surface area is 183 Å². The highest BCUT2D eigenvalue weighted by atomic mass is 16.5. The Morgan fingerprint density at radius 2 is 1.75 bits per heavy atom. The summed E-state index contributed by atoms with van der Waals surface area (Å²) in [5.41, 5.74) is 1.33. The van der Waals surface area contributed by atoms with Gasteiger partial charge in [-0.3, -0.25) is 19.1 Å². The molecule has 0 aliphatic heterocycles. The van der Waals surface area contributed by atoms with E-state index in [1.165, 1.54) is 14.2 Å². The van der Waals surface area contributed by atoms with Gasteiger partial charge in [-0.2, -0.15) is 0 Å². The number of carbonyl (C=O) groups excluding carboxylic acids is 2. The van der Waals surface area contributed by atoms with E-state index in [0.29, 0.717) is 28.3 Å². The van der Waals surface area contributed by atoms with Crippen LogP contribution < -0.4 is 25.9 Å². The predicted octanol–water partition coefficient (Wildman–Crippen LogP) is 2.44. The molecule has 1 aromatic heterocycles. The molecule has 0 saturated heterocycles. The number of carbonyl (C=O) groups is 2. The van der Waals surface area contributed by atoms with Gasteiger partial charge in [0.05, 0.1) is 14.2 Å². The van der Waals surface area contributed by atoms with Gasteiger partial charge in [0.15, 0.2) is 5.82 Å². The summed E-state index contributed by atoms with van der Waals surface area (Å²) < 4.78 is 14.9. The number of nitrogens with zero attached hydrogens (tertiary/aromatic N) is 1. The fourth-order valence-electron chi connectivity index (χ4n) is 3.02. The minimum Gasteiger partial charge on any atom is -0.497 e. The first-order valence-corrected chi connectivity index (χ1v) is 9.82. The zero-order chi connectivity index (χ0) is 23.3. The van der Waals surface area contributed by atoms with Crippen LogP contribution in [0.3, 0.4) is 0 Å². The summed E-state index contributed by atoms with van der Waals surface area (Å²) in [7, 11) is 2.98. The van der Waals surface area contributed by atoms with Crippen LogP contribution in [0.5, 0.6) is 11.5 Å². The van der Waals surface area contributed by atoms with Crippen molar-refractivity contribution in [2.24, 2.45) is 5.92 Å². The highest BCUT2D eigenvalue weighted by Crippen LogP contribution is 2.23. The lowest BCUT2D eigenvalue weighted by Gasteiger charge is -2.22. The highest BCUT2D eigenvalue weighted by molar-refractivity contribution is 6.01.